The van der Waals surface area contributed by atoms with Gasteiger partial charge in [-0.25, -0.2) is 0 Å². The molecule has 98 valence electrons. The van der Waals surface area contributed by atoms with Gasteiger partial charge in [-0.1, -0.05) is 20.8 Å². The fourth-order valence-corrected chi connectivity index (χ4v) is 2.32. The number of hydrogen-bond acceptors (Lipinski definition) is 2. The van der Waals surface area contributed by atoms with Crippen LogP contribution in [0.5, 0.6) is 0 Å². The number of nitrogens with zero attached hydrogens (tertiary/aromatic N) is 2. The Hall–Kier alpha value is -0.350. The van der Waals surface area contributed by atoms with Crippen LogP contribution in [0.15, 0.2) is 4.47 Å². The summed E-state index contributed by atoms with van der Waals surface area (Å²) in [5, 5.41) is 4.50. The molecule has 1 heterocycles. The van der Waals surface area contributed by atoms with Crippen LogP contribution in [0.4, 0.5) is 0 Å². The van der Waals surface area contributed by atoms with Gasteiger partial charge < -0.3 is 5.73 Å². The molecular weight excluding hydrogens is 278 g/mol. The maximum absolute atomic E-state index is 6.20. The van der Waals surface area contributed by atoms with E-state index in [0.29, 0.717) is 0 Å². The van der Waals surface area contributed by atoms with Crippen molar-refractivity contribution >= 4 is 15.9 Å². The summed E-state index contributed by atoms with van der Waals surface area (Å²) in [5.74, 6) is 0. The van der Waals surface area contributed by atoms with Crippen molar-refractivity contribution < 1.29 is 0 Å². The molecule has 0 radical (unpaired) electrons. The molecule has 0 bridgehead atoms. The number of hydrogen-bond donors (Lipinski definition) is 1. The number of rotatable bonds is 4. The van der Waals surface area contributed by atoms with E-state index in [2.05, 4.69) is 53.4 Å². The van der Waals surface area contributed by atoms with E-state index in [4.69, 9.17) is 5.73 Å². The molecule has 1 atom stereocenters. The van der Waals surface area contributed by atoms with E-state index in [1.807, 2.05) is 6.92 Å². The summed E-state index contributed by atoms with van der Waals surface area (Å²) in [6, 6.07) is 0.218. The topological polar surface area (TPSA) is 43.8 Å². The van der Waals surface area contributed by atoms with Crippen LogP contribution in [0, 0.1) is 12.3 Å². The molecule has 2 N–H and O–H groups in total. The van der Waals surface area contributed by atoms with Crippen LogP contribution in [0.2, 0.25) is 0 Å². The Bertz CT molecular complexity index is 377. The molecule has 1 unspecified atom stereocenters. The predicted molar refractivity (Wildman–Crippen MR) is 76.1 cm³/mol. The largest absolute Gasteiger partial charge is 0.327 e. The first kappa shape index (κ1) is 14.7. The molecule has 3 nitrogen and oxygen atoms in total. The van der Waals surface area contributed by atoms with Gasteiger partial charge >= 0.3 is 0 Å². The van der Waals surface area contributed by atoms with Gasteiger partial charge in [-0.2, -0.15) is 5.10 Å². The average molecular weight is 302 g/mol. The lowest BCUT2D eigenvalue weighted by atomic mass is 9.84. The van der Waals surface area contributed by atoms with Gasteiger partial charge in [0.15, 0.2) is 0 Å². The van der Waals surface area contributed by atoms with E-state index in [9.17, 15) is 0 Å². The van der Waals surface area contributed by atoms with Gasteiger partial charge in [0, 0.05) is 12.6 Å². The highest BCUT2D eigenvalue weighted by Crippen LogP contribution is 2.25. The zero-order valence-electron chi connectivity index (χ0n) is 11.5. The molecule has 1 aromatic rings. The van der Waals surface area contributed by atoms with Gasteiger partial charge in [0.25, 0.3) is 0 Å². The molecule has 0 aromatic carbocycles. The van der Waals surface area contributed by atoms with Crippen LogP contribution >= 0.6 is 15.9 Å². The highest BCUT2D eigenvalue weighted by Gasteiger charge is 2.21. The fraction of sp³-hybridized carbons (Fsp3) is 0.769. The minimum absolute atomic E-state index is 0.165. The zero-order chi connectivity index (χ0) is 13.2. The minimum Gasteiger partial charge on any atom is -0.327 e. The van der Waals surface area contributed by atoms with E-state index >= 15 is 0 Å². The van der Waals surface area contributed by atoms with Gasteiger partial charge in [-0.15, -0.1) is 0 Å². The van der Waals surface area contributed by atoms with Gasteiger partial charge in [0.2, 0.25) is 0 Å². The summed E-state index contributed by atoms with van der Waals surface area (Å²) in [4.78, 5) is 0. The van der Waals surface area contributed by atoms with E-state index in [-0.39, 0.29) is 11.5 Å². The minimum atomic E-state index is 0.165. The second kappa shape index (κ2) is 5.53. The van der Waals surface area contributed by atoms with Crippen LogP contribution in [0.3, 0.4) is 0 Å². The third-order valence-electron chi connectivity index (χ3n) is 3.26. The Morgan fingerprint density at radius 2 is 2.00 bits per heavy atom. The Morgan fingerprint density at radius 1 is 1.41 bits per heavy atom. The van der Waals surface area contributed by atoms with Gasteiger partial charge in [-0.3, -0.25) is 4.68 Å². The van der Waals surface area contributed by atoms with Crippen LogP contribution in [0.1, 0.15) is 45.5 Å². The molecule has 0 amide bonds. The normalized spacial score (nSPS) is 14.1. The smallest absolute Gasteiger partial charge is 0.0738 e. The molecule has 0 spiro atoms. The monoisotopic (exact) mass is 301 g/mol. The number of halogens is 1. The summed E-state index contributed by atoms with van der Waals surface area (Å²) >= 11 is 3.62. The third kappa shape index (κ3) is 3.55. The van der Waals surface area contributed by atoms with Crippen molar-refractivity contribution in [2.45, 2.75) is 60.0 Å². The molecule has 17 heavy (non-hydrogen) atoms. The summed E-state index contributed by atoms with van der Waals surface area (Å²) in [6.07, 6.45) is 1.97. The third-order valence-corrected chi connectivity index (χ3v) is 4.29. The lowest BCUT2D eigenvalue weighted by Gasteiger charge is -2.27. The van der Waals surface area contributed by atoms with E-state index in [1.165, 1.54) is 5.69 Å². The Morgan fingerprint density at radius 3 is 2.47 bits per heavy atom. The van der Waals surface area contributed by atoms with E-state index in [1.54, 1.807) is 0 Å². The van der Waals surface area contributed by atoms with Crippen molar-refractivity contribution in [3.05, 3.63) is 15.9 Å². The highest BCUT2D eigenvalue weighted by molar-refractivity contribution is 9.10. The molecular formula is C13H24BrN3. The van der Waals surface area contributed by atoms with Crippen LogP contribution in [-0.2, 0) is 13.0 Å². The van der Waals surface area contributed by atoms with Gasteiger partial charge in [0.1, 0.15) is 0 Å². The summed E-state index contributed by atoms with van der Waals surface area (Å²) in [7, 11) is 0. The lowest BCUT2D eigenvalue weighted by molar-refractivity contribution is 0.304. The molecule has 1 rings (SSSR count). The van der Waals surface area contributed by atoms with Crippen molar-refractivity contribution in [1.29, 1.82) is 0 Å². The predicted octanol–water partition coefficient (Wildman–Crippen LogP) is 3.28. The summed E-state index contributed by atoms with van der Waals surface area (Å²) in [5.41, 5.74) is 8.70. The van der Waals surface area contributed by atoms with Crippen molar-refractivity contribution in [1.82, 2.24) is 9.78 Å². The quantitative estimate of drug-likeness (QED) is 0.927. The summed E-state index contributed by atoms with van der Waals surface area (Å²) in [6.45, 7) is 11.6. The Labute approximate surface area is 113 Å². The molecule has 0 fully saturated rings. The molecule has 1 aromatic heterocycles. The van der Waals surface area contributed by atoms with Crippen molar-refractivity contribution in [2.75, 3.05) is 0 Å². The highest BCUT2D eigenvalue weighted by atomic mass is 79.9. The van der Waals surface area contributed by atoms with E-state index in [0.717, 1.165) is 29.6 Å². The zero-order valence-corrected chi connectivity index (χ0v) is 13.1. The first-order chi connectivity index (χ1) is 7.77. The SMILES string of the molecule is CCn1nc(C)c(Br)c1CCC(N)C(C)(C)C. The molecule has 4 heteroatoms. The van der Waals surface area contributed by atoms with Crippen molar-refractivity contribution in [3.8, 4) is 0 Å². The average Bonchev–Trinajstić information content (AvgIpc) is 2.50. The standard InChI is InChI=1S/C13H24BrN3/c1-6-17-10(12(14)9(2)16-17)7-8-11(15)13(3,4)5/h11H,6-8,15H2,1-5H3. The van der Waals surface area contributed by atoms with Crippen LogP contribution in [-0.4, -0.2) is 15.8 Å². The fourth-order valence-electron chi connectivity index (χ4n) is 1.83. The lowest BCUT2D eigenvalue weighted by Crippen LogP contribution is -2.35. The first-order valence-electron chi connectivity index (χ1n) is 6.24. The van der Waals surface area contributed by atoms with Crippen LogP contribution < -0.4 is 5.73 Å². The Kier molecular flexibility index (Phi) is 4.78. The van der Waals surface area contributed by atoms with Crippen molar-refractivity contribution in [2.24, 2.45) is 11.1 Å². The molecule has 0 aliphatic rings. The molecule has 0 saturated heterocycles. The maximum Gasteiger partial charge on any atom is 0.0738 e. The number of nitrogens with two attached hydrogens (primary N) is 1. The molecule has 0 saturated carbocycles. The van der Waals surface area contributed by atoms with Crippen molar-refractivity contribution in [3.63, 3.8) is 0 Å². The van der Waals surface area contributed by atoms with E-state index < -0.39 is 0 Å². The van der Waals surface area contributed by atoms with Crippen LogP contribution in [0.25, 0.3) is 0 Å². The number of aromatic nitrogens is 2. The first-order valence-corrected chi connectivity index (χ1v) is 7.04. The second-order valence-electron chi connectivity index (χ2n) is 5.67. The summed E-state index contributed by atoms with van der Waals surface area (Å²) < 4.78 is 3.20. The molecule has 0 aliphatic heterocycles. The van der Waals surface area contributed by atoms with Gasteiger partial charge in [-0.05, 0) is 48.0 Å². The second-order valence-corrected chi connectivity index (χ2v) is 6.47. The molecule has 0 aliphatic carbocycles. The van der Waals surface area contributed by atoms with Gasteiger partial charge in [0.05, 0.1) is 15.9 Å². The number of aryl methyl sites for hydroxylation is 2. The maximum atomic E-state index is 6.20. The Balaban J connectivity index is 2.76.